The number of hydrogen-bond donors (Lipinski definition) is 2. The molecule has 5 heteroatoms. The van der Waals surface area contributed by atoms with Crippen molar-refractivity contribution in [3.05, 3.63) is 0 Å². The quantitative estimate of drug-likeness (QED) is 0.639. The molecule has 0 aliphatic heterocycles. The number of ether oxygens (including phenoxy) is 1. The topological polar surface area (TPSA) is 67.6 Å². The Morgan fingerprint density at radius 3 is 2.50 bits per heavy atom. The second-order valence-corrected chi connectivity index (χ2v) is 6.29. The van der Waals surface area contributed by atoms with E-state index in [1.807, 2.05) is 20.8 Å². The fraction of sp³-hybridized carbons (Fsp3) is 0.933. The SMILES string of the molecule is CCCCCN(C)C(CN)CCNC(=O)OC(C)(C)C. The number of rotatable bonds is 9. The van der Waals surface area contributed by atoms with Gasteiger partial charge in [0, 0.05) is 19.1 Å². The van der Waals surface area contributed by atoms with Gasteiger partial charge in [0.15, 0.2) is 0 Å². The third kappa shape index (κ3) is 10.0. The van der Waals surface area contributed by atoms with Crippen LogP contribution in [0.3, 0.4) is 0 Å². The summed E-state index contributed by atoms with van der Waals surface area (Å²) in [6.07, 6.45) is 4.16. The van der Waals surface area contributed by atoms with Crippen LogP contribution in [-0.4, -0.2) is 49.3 Å². The second kappa shape index (κ2) is 10.00. The van der Waals surface area contributed by atoms with Crippen LogP contribution in [0.2, 0.25) is 0 Å². The zero-order chi connectivity index (χ0) is 15.6. The number of likely N-dealkylation sites (N-methyl/N-ethyl adjacent to an activating group) is 1. The van der Waals surface area contributed by atoms with Crippen LogP contribution in [0.15, 0.2) is 0 Å². The summed E-state index contributed by atoms with van der Waals surface area (Å²) in [6, 6.07) is 0.307. The minimum absolute atomic E-state index is 0.307. The van der Waals surface area contributed by atoms with E-state index in [9.17, 15) is 4.79 Å². The van der Waals surface area contributed by atoms with Gasteiger partial charge in [-0.2, -0.15) is 0 Å². The molecule has 0 saturated heterocycles. The van der Waals surface area contributed by atoms with Gasteiger partial charge in [-0.05, 0) is 47.2 Å². The first-order valence-corrected chi connectivity index (χ1v) is 7.67. The molecular weight excluding hydrogens is 254 g/mol. The van der Waals surface area contributed by atoms with Gasteiger partial charge in [-0.25, -0.2) is 4.79 Å². The van der Waals surface area contributed by atoms with E-state index in [0.717, 1.165) is 13.0 Å². The lowest BCUT2D eigenvalue weighted by Gasteiger charge is -2.27. The van der Waals surface area contributed by atoms with Crippen LogP contribution in [0.5, 0.6) is 0 Å². The number of nitrogens with zero attached hydrogens (tertiary/aromatic N) is 1. The number of carbonyl (C=O) groups is 1. The Kier molecular flexibility index (Phi) is 9.59. The van der Waals surface area contributed by atoms with Crippen molar-refractivity contribution in [3.63, 3.8) is 0 Å². The lowest BCUT2D eigenvalue weighted by molar-refractivity contribution is 0.0523. The summed E-state index contributed by atoms with van der Waals surface area (Å²) < 4.78 is 5.20. The van der Waals surface area contributed by atoms with Crippen molar-refractivity contribution in [2.45, 2.75) is 65.0 Å². The lowest BCUT2D eigenvalue weighted by atomic mass is 10.1. The van der Waals surface area contributed by atoms with Gasteiger partial charge in [-0.3, -0.25) is 0 Å². The summed E-state index contributed by atoms with van der Waals surface area (Å²) >= 11 is 0. The molecule has 0 spiro atoms. The van der Waals surface area contributed by atoms with Crippen LogP contribution in [0.4, 0.5) is 4.79 Å². The highest BCUT2D eigenvalue weighted by Gasteiger charge is 2.17. The van der Waals surface area contributed by atoms with E-state index in [1.165, 1.54) is 19.3 Å². The van der Waals surface area contributed by atoms with Gasteiger partial charge < -0.3 is 20.7 Å². The summed E-state index contributed by atoms with van der Waals surface area (Å²) in [5.74, 6) is 0. The van der Waals surface area contributed by atoms with E-state index in [4.69, 9.17) is 10.5 Å². The van der Waals surface area contributed by atoms with Crippen molar-refractivity contribution in [2.24, 2.45) is 5.73 Å². The fourth-order valence-electron chi connectivity index (χ4n) is 1.97. The summed E-state index contributed by atoms with van der Waals surface area (Å²) in [7, 11) is 2.10. The van der Waals surface area contributed by atoms with Crippen molar-refractivity contribution < 1.29 is 9.53 Å². The number of nitrogens with one attached hydrogen (secondary N) is 1. The Morgan fingerprint density at radius 1 is 1.35 bits per heavy atom. The van der Waals surface area contributed by atoms with Gasteiger partial charge in [0.25, 0.3) is 0 Å². The monoisotopic (exact) mass is 287 g/mol. The molecule has 0 heterocycles. The minimum atomic E-state index is -0.450. The maximum absolute atomic E-state index is 11.5. The predicted octanol–water partition coefficient (Wildman–Crippen LogP) is 2.35. The molecule has 0 aliphatic rings. The van der Waals surface area contributed by atoms with Crippen molar-refractivity contribution in [3.8, 4) is 0 Å². The standard InChI is InChI=1S/C15H33N3O2/c1-6-7-8-11-18(5)13(12-16)9-10-17-14(19)20-15(2,3)4/h13H,6-12,16H2,1-5H3,(H,17,19). The van der Waals surface area contributed by atoms with E-state index in [2.05, 4.69) is 24.2 Å². The molecule has 0 aromatic heterocycles. The number of amides is 1. The van der Waals surface area contributed by atoms with Crippen LogP contribution in [0, 0.1) is 0 Å². The highest BCUT2D eigenvalue weighted by atomic mass is 16.6. The molecule has 0 aromatic carbocycles. The Hall–Kier alpha value is -0.810. The number of carbonyl (C=O) groups excluding carboxylic acids is 1. The normalized spacial score (nSPS) is 13.3. The fourth-order valence-corrected chi connectivity index (χ4v) is 1.97. The molecule has 20 heavy (non-hydrogen) atoms. The number of nitrogens with two attached hydrogens (primary N) is 1. The van der Waals surface area contributed by atoms with E-state index in [1.54, 1.807) is 0 Å². The van der Waals surface area contributed by atoms with Gasteiger partial charge in [-0.15, -0.1) is 0 Å². The van der Waals surface area contributed by atoms with Gasteiger partial charge in [0.05, 0.1) is 0 Å². The van der Waals surface area contributed by atoms with Crippen molar-refractivity contribution in [2.75, 3.05) is 26.7 Å². The first-order valence-electron chi connectivity index (χ1n) is 7.67. The zero-order valence-electron chi connectivity index (χ0n) is 13.9. The van der Waals surface area contributed by atoms with E-state index >= 15 is 0 Å². The second-order valence-electron chi connectivity index (χ2n) is 6.29. The molecule has 0 radical (unpaired) electrons. The highest BCUT2D eigenvalue weighted by Crippen LogP contribution is 2.07. The minimum Gasteiger partial charge on any atom is -0.444 e. The average Bonchev–Trinajstić information content (AvgIpc) is 2.32. The number of unbranched alkanes of at least 4 members (excludes halogenated alkanes) is 2. The third-order valence-corrected chi connectivity index (χ3v) is 3.16. The maximum atomic E-state index is 11.5. The van der Waals surface area contributed by atoms with E-state index < -0.39 is 5.60 Å². The van der Waals surface area contributed by atoms with Crippen LogP contribution in [0.1, 0.15) is 53.4 Å². The summed E-state index contributed by atoms with van der Waals surface area (Å²) in [4.78, 5) is 13.8. The molecule has 0 saturated carbocycles. The Labute approximate surface area is 124 Å². The molecule has 0 rings (SSSR count). The molecule has 0 fully saturated rings. The molecule has 0 aliphatic carbocycles. The molecule has 0 aromatic rings. The molecule has 3 N–H and O–H groups in total. The van der Waals surface area contributed by atoms with Crippen LogP contribution >= 0.6 is 0 Å². The van der Waals surface area contributed by atoms with Crippen molar-refractivity contribution >= 4 is 6.09 Å². The van der Waals surface area contributed by atoms with E-state index in [-0.39, 0.29) is 6.09 Å². The first kappa shape index (κ1) is 19.2. The molecule has 0 bridgehead atoms. The first-order chi connectivity index (χ1) is 9.30. The molecule has 1 unspecified atom stereocenters. The molecule has 5 nitrogen and oxygen atoms in total. The van der Waals surface area contributed by atoms with E-state index in [0.29, 0.717) is 19.1 Å². The zero-order valence-corrected chi connectivity index (χ0v) is 13.9. The van der Waals surface area contributed by atoms with Crippen LogP contribution in [-0.2, 0) is 4.74 Å². The van der Waals surface area contributed by atoms with Gasteiger partial charge in [0.2, 0.25) is 0 Å². The number of alkyl carbamates (subject to hydrolysis) is 1. The van der Waals surface area contributed by atoms with Crippen molar-refractivity contribution in [1.29, 1.82) is 0 Å². The summed E-state index contributed by atoms with van der Waals surface area (Å²) in [5.41, 5.74) is 5.36. The third-order valence-electron chi connectivity index (χ3n) is 3.16. The molecule has 1 atom stereocenters. The Balaban J connectivity index is 3.91. The Morgan fingerprint density at radius 2 is 2.00 bits per heavy atom. The maximum Gasteiger partial charge on any atom is 0.407 e. The largest absolute Gasteiger partial charge is 0.444 e. The Bertz CT molecular complexity index is 264. The van der Waals surface area contributed by atoms with Crippen LogP contribution < -0.4 is 11.1 Å². The highest BCUT2D eigenvalue weighted by molar-refractivity contribution is 5.67. The van der Waals surface area contributed by atoms with Gasteiger partial charge in [-0.1, -0.05) is 19.8 Å². The molecular formula is C15H33N3O2. The predicted molar refractivity (Wildman–Crippen MR) is 83.9 cm³/mol. The van der Waals surface area contributed by atoms with Gasteiger partial charge in [0.1, 0.15) is 5.60 Å². The molecule has 1 amide bonds. The van der Waals surface area contributed by atoms with Crippen LogP contribution in [0.25, 0.3) is 0 Å². The summed E-state index contributed by atoms with van der Waals surface area (Å²) in [6.45, 7) is 10.0. The number of hydrogen-bond acceptors (Lipinski definition) is 4. The van der Waals surface area contributed by atoms with Gasteiger partial charge >= 0.3 is 6.09 Å². The average molecular weight is 287 g/mol. The summed E-state index contributed by atoms with van der Waals surface area (Å²) in [5, 5.41) is 2.78. The lowest BCUT2D eigenvalue weighted by Crippen LogP contribution is -2.41. The molecule has 120 valence electrons. The van der Waals surface area contributed by atoms with Crippen molar-refractivity contribution in [1.82, 2.24) is 10.2 Å². The smallest absolute Gasteiger partial charge is 0.407 e.